The van der Waals surface area contributed by atoms with Crippen LogP contribution >= 0.6 is 0 Å². The highest BCUT2D eigenvalue weighted by Gasteiger charge is 2.35. The molecule has 1 heterocycles. The van der Waals surface area contributed by atoms with Crippen LogP contribution in [-0.2, 0) is 6.42 Å². The van der Waals surface area contributed by atoms with Gasteiger partial charge in [0.15, 0.2) is 0 Å². The molecule has 1 N–H and O–H groups in total. The van der Waals surface area contributed by atoms with E-state index in [0.717, 1.165) is 27.9 Å². The molecule has 1 atom stereocenters. The molecule has 0 bridgehead atoms. The first-order chi connectivity index (χ1) is 17.0. The topological polar surface area (TPSA) is 49.8 Å². The number of ether oxygens (including phenoxy) is 1. The zero-order valence-electron chi connectivity index (χ0n) is 19.4. The van der Waals surface area contributed by atoms with Crippen LogP contribution in [0.4, 0.5) is 10.1 Å². The van der Waals surface area contributed by atoms with E-state index in [1.165, 1.54) is 6.07 Å². The minimum absolute atomic E-state index is 0.0141. The zero-order valence-corrected chi connectivity index (χ0v) is 19.4. The van der Waals surface area contributed by atoms with E-state index in [2.05, 4.69) is 29.2 Å². The average Bonchev–Trinajstić information content (AvgIpc) is 3.22. The maximum atomic E-state index is 14.4. The van der Waals surface area contributed by atoms with Crippen molar-refractivity contribution in [2.24, 2.45) is 0 Å². The molecule has 0 spiro atoms. The van der Waals surface area contributed by atoms with Gasteiger partial charge in [-0.25, -0.2) is 9.18 Å². The van der Waals surface area contributed by atoms with Gasteiger partial charge in [-0.05, 0) is 59.0 Å². The molecule has 0 amide bonds. The quantitative estimate of drug-likeness (QED) is 0.339. The summed E-state index contributed by atoms with van der Waals surface area (Å²) in [6.07, 6.45) is 0.603. The minimum atomic E-state index is -0.997. The van der Waals surface area contributed by atoms with Crippen LogP contribution in [0.2, 0.25) is 0 Å². The third kappa shape index (κ3) is 4.50. The number of methoxy groups -OCH3 is 1. The first kappa shape index (κ1) is 22.7. The molecule has 0 saturated heterocycles. The smallest absolute Gasteiger partial charge is 0.335 e. The second-order valence-electron chi connectivity index (χ2n) is 8.81. The maximum Gasteiger partial charge on any atom is 0.335 e. The Balaban J connectivity index is 1.56. The lowest BCUT2D eigenvalue weighted by atomic mass is 9.92. The molecule has 4 aromatic rings. The number of carboxylic acids is 1. The molecule has 1 aliphatic heterocycles. The summed E-state index contributed by atoms with van der Waals surface area (Å²) in [7, 11) is 1.54. The van der Waals surface area contributed by atoms with Gasteiger partial charge in [0.05, 0.1) is 18.7 Å². The summed E-state index contributed by atoms with van der Waals surface area (Å²) in [5.41, 5.74) is 5.37. The number of carboxylic acid groups (broad SMARTS) is 1. The Kier molecular flexibility index (Phi) is 6.23. The fourth-order valence-corrected chi connectivity index (χ4v) is 5.10. The molecule has 35 heavy (non-hydrogen) atoms. The van der Waals surface area contributed by atoms with Crippen LogP contribution in [0, 0.1) is 5.82 Å². The zero-order chi connectivity index (χ0) is 24.4. The number of nitrogens with zero attached hydrogens (tertiary/aromatic N) is 1. The SMILES string of the molecule is COc1cc(C(=O)O)ccc1CC1CN(C(c2ccccc2)c2ccccc2)c2ccc(F)cc21. The van der Waals surface area contributed by atoms with Crippen LogP contribution in [0.3, 0.4) is 0 Å². The number of carbonyl (C=O) groups is 1. The van der Waals surface area contributed by atoms with Crippen LogP contribution in [0.25, 0.3) is 0 Å². The molecule has 1 aliphatic rings. The van der Waals surface area contributed by atoms with Gasteiger partial charge in [-0.15, -0.1) is 0 Å². The monoisotopic (exact) mass is 467 g/mol. The third-order valence-corrected chi connectivity index (χ3v) is 6.70. The summed E-state index contributed by atoms with van der Waals surface area (Å²) < 4.78 is 19.9. The van der Waals surface area contributed by atoms with Crippen molar-refractivity contribution in [3.05, 3.63) is 131 Å². The number of rotatable bonds is 7. The largest absolute Gasteiger partial charge is 0.496 e. The Morgan fingerprint density at radius 3 is 2.23 bits per heavy atom. The normalized spacial score (nSPS) is 14.7. The Morgan fingerprint density at radius 1 is 0.971 bits per heavy atom. The van der Waals surface area contributed by atoms with E-state index in [9.17, 15) is 14.3 Å². The van der Waals surface area contributed by atoms with E-state index in [1.807, 2.05) is 42.5 Å². The van der Waals surface area contributed by atoms with Gasteiger partial charge in [-0.2, -0.15) is 0 Å². The van der Waals surface area contributed by atoms with Crippen molar-refractivity contribution < 1.29 is 19.0 Å². The van der Waals surface area contributed by atoms with Crippen LogP contribution in [-0.4, -0.2) is 24.7 Å². The van der Waals surface area contributed by atoms with Crippen LogP contribution in [0.1, 0.15) is 44.6 Å². The van der Waals surface area contributed by atoms with E-state index >= 15 is 0 Å². The number of hydrogen-bond acceptors (Lipinski definition) is 3. The van der Waals surface area contributed by atoms with E-state index in [0.29, 0.717) is 18.7 Å². The van der Waals surface area contributed by atoms with E-state index in [-0.39, 0.29) is 23.3 Å². The van der Waals surface area contributed by atoms with Crippen molar-refractivity contribution in [3.63, 3.8) is 0 Å². The summed E-state index contributed by atoms with van der Waals surface area (Å²) >= 11 is 0. The molecular weight excluding hydrogens is 441 g/mol. The number of halogens is 1. The number of hydrogen-bond donors (Lipinski definition) is 1. The van der Waals surface area contributed by atoms with Crippen molar-refractivity contribution in [3.8, 4) is 5.75 Å². The summed E-state index contributed by atoms with van der Waals surface area (Å²) in [5.74, 6) is -0.716. The van der Waals surface area contributed by atoms with Gasteiger partial charge in [-0.1, -0.05) is 66.7 Å². The number of fused-ring (bicyclic) bond motifs is 1. The molecule has 4 aromatic carbocycles. The summed E-state index contributed by atoms with van der Waals surface area (Å²) in [5, 5.41) is 9.35. The lowest BCUT2D eigenvalue weighted by Crippen LogP contribution is -2.29. The fraction of sp³-hybridized carbons (Fsp3) is 0.167. The second-order valence-corrected chi connectivity index (χ2v) is 8.81. The molecular formula is C30H26FNO3. The fourth-order valence-electron chi connectivity index (χ4n) is 5.10. The molecule has 0 saturated carbocycles. The summed E-state index contributed by atoms with van der Waals surface area (Å²) in [6, 6.07) is 30.6. The molecule has 5 rings (SSSR count). The maximum absolute atomic E-state index is 14.4. The van der Waals surface area contributed by atoms with Crippen molar-refractivity contribution in [2.45, 2.75) is 18.4 Å². The Hall–Kier alpha value is -4.12. The first-order valence-corrected chi connectivity index (χ1v) is 11.6. The van der Waals surface area contributed by atoms with Crippen LogP contribution in [0.15, 0.2) is 97.1 Å². The summed E-state index contributed by atoms with van der Waals surface area (Å²) in [6.45, 7) is 0.692. The van der Waals surface area contributed by atoms with Gasteiger partial charge in [-0.3, -0.25) is 0 Å². The van der Waals surface area contributed by atoms with Gasteiger partial charge < -0.3 is 14.7 Å². The highest BCUT2D eigenvalue weighted by atomic mass is 19.1. The standard InChI is InChI=1S/C30H26FNO3/c1-35-28-17-23(30(33)34)13-12-22(28)16-24-19-32(27-15-14-25(31)18-26(24)27)29(20-8-4-2-5-9-20)21-10-6-3-7-11-21/h2-15,17-18,24,29H,16,19H2,1H3,(H,33,34). The highest BCUT2D eigenvalue weighted by molar-refractivity contribution is 5.88. The third-order valence-electron chi connectivity index (χ3n) is 6.70. The van der Waals surface area contributed by atoms with Gasteiger partial charge >= 0.3 is 5.97 Å². The average molecular weight is 468 g/mol. The van der Waals surface area contributed by atoms with Crippen molar-refractivity contribution in [2.75, 3.05) is 18.6 Å². The predicted molar refractivity (Wildman–Crippen MR) is 135 cm³/mol. The molecule has 0 aromatic heterocycles. The van der Waals surface area contributed by atoms with Crippen LogP contribution in [0.5, 0.6) is 5.75 Å². The van der Waals surface area contributed by atoms with Crippen molar-refractivity contribution >= 4 is 11.7 Å². The summed E-state index contributed by atoms with van der Waals surface area (Å²) in [4.78, 5) is 13.8. The van der Waals surface area contributed by atoms with Crippen molar-refractivity contribution in [1.29, 1.82) is 0 Å². The number of anilines is 1. The molecule has 0 fully saturated rings. The lowest BCUT2D eigenvalue weighted by molar-refractivity contribution is 0.0696. The predicted octanol–water partition coefficient (Wildman–Crippen LogP) is 6.47. The lowest BCUT2D eigenvalue weighted by Gasteiger charge is -2.32. The van der Waals surface area contributed by atoms with Gasteiger partial charge in [0.1, 0.15) is 11.6 Å². The molecule has 176 valence electrons. The highest BCUT2D eigenvalue weighted by Crippen LogP contribution is 2.45. The molecule has 0 aliphatic carbocycles. The minimum Gasteiger partial charge on any atom is -0.496 e. The Morgan fingerprint density at radius 2 is 1.63 bits per heavy atom. The van der Waals surface area contributed by atoms with Gasteiger partial charge in [0.25, 0.3) is 0 Å². The number of aromatic carboxylic acids is 1. The first-order valence-electron chi connectivity index (χ1n) is 11.6. The second kappa shape index (κ2) is 9.63. The van der Waals surface area contributed by atoms with E-state index in [1.54, 1.807) is 31.4 Å². The van der Waals surface area contributed by atoms with Gasteiger partial charge in [0.2, 0.25) is 0 Å². The molecule has 0 radical (unpaired) electrons. The molecule has 1 unspecified atom stereocenters. The van der Waals surface area contributed by atoms with E-state index in [4.69, 9.17) is 4.74 Å². The van der Waals surface area contributed by atoms with E-state index < -0.39 is 5.97 Å². The van der Waals surface area contributed by atoms with Crippen molar-refractivity contribution in [1.82, 2.24) is 0 Å². The number of benzene rings is 4. The molecule has 5 heteroatoms. The molecule has 4 nitrogen and oxygen atoms in total. The van der Waals surface area contributed by atoms with Crippen LogP contribution < -0.4 is 9.64 Å². The Bertz CT molecular complexity index is 1300. The Labute approximate surface area is 204 Å². The van der Waals surface area contributed by atoms with Gasteiger partial charge in [0, 0.05) is 18.2 Å².